The summed E-state index contributed by atoms with van der Waals surface area (Å²) in [7, 11) is 1.67. The molecule has 1 heterocycles. The molecule has 1 aromatic rings. The number of hydrogen-bond acceptors (Lipinski definition) is 3. The van der Waals surface area contributed by atoms with E-state index in [0.717, 1.165) is 25.3 Å². The van der Waals surface area contributed by atoms with Gasteiger partial charge in [-0.25, -0.2) is 0 Å². The Kier molecular flexibility index (Phi) is 7.64. The molecule has 0 N–H and O–H groups in total. The van der Waals surface area contributed by atoms with Crippen molar-refractivity contribution >= 4 is 12.7 Å². The number of rotatable bonds is 3. The summed E-state index contributed by atoms with van der Waals surface area (Å²) < 4.78 is 5.14. The fourth-order valence-corrected chi connectivity index (χ4v) is 3.28. The number of carbonyl (C=O) groups excluding carboxylic acids is 2. The van der Waals surface area contributed by atoms with E-state index < -0.39 is 0 Å². The summed E-state index contributed by atoms with van der Waals surface area (Å²) in [6.07, 6.45) is 3.57. The van der Waals surface area contributed by atoms with E-state index in [1.807, 2.05) is 49.8 Å². The van der Waals surface area contributed by atoms with Crippen molar-refractivity contribution in [1.29, 1.82) is 0 Å². The third-order valence-corrected chi connectivity index (χ3v) is 4.28. The van der Waals surface area contributed by atoms with Gasteiger partial charge >= 0.3 is 0 Å². The van der Waals surface area contributed by atoms with Gasteiger partial charge < -0.3 is 14.4 Å². The summed E-state index contributed by atoms with van der Waals surface area (Å²) >= 11 is 0. The van der Waals surface area contributed by atoms with Crippen LogP contribution in [0.4, 0.5) is 0 Å². The first kappa shape index (κ1) is 18.2. The smallest absolute Gasteiger partial charge is 0.226 e. The number of hydrogen-bond donors (Lipinski definition) is 0. The molecule has 22 heavy (non-hydrogen) atoms. The Morgan fingerprint density at radius 2 is 1.82 bits per heavy atom. The zero-order valence-electron chi connectivity index (χ0n) is 13.9. The Hall–Kier alpha value is -1.84. The second-order valence-corrected chi connectivity index (χ2v) is 5.36. The quantitative estimate of drug-likeness (QED) is 0.861. The minimum Gasteiger partial charge on any atom is -0.497 e. The van der Waals surface area contributed by atoms with Crippen LogP contribution in [0.2, 0.25) is 0 Å². The highest BCUT2D eigenvalue weighted by molar-refractivity contribution is 5.81. The van der Waals surface area contributed by atoms with Gasteiger partial charge in [0, 0.05) is 19.0 Å². The molecular weight excluding hydrogens is 278 g/mol. The summed E-state index contributed by atoms with van der Waals surface area (Å²) in [5.41, 5.74) is 1.18. The van der Waals surface area contributed by atoms with Gasteiger partial charge in [-0.05, 0) is 36.5 Å². The van der Waals surface area contributed by atoms with Crippen LogP contribution in [0.3, 0.4) is 0 Å². The van der Waals surface area contributed by atoms with Gasteiger partial charge in [-0.3, -0.25) is 4.79 Å². The molecule has 4 heteroatoms. The van der Waals surface area contributed by atoms with E-state index in [1.165, 1.54) is 18.4 Å². The van der Waals surface area contributed by atoms with Gasteiger partial charge in [-0.15, -0.1) is 0 Å². The Morgan fingerprint density at radius 3 is 2.36 bits per heavy atom. The number of nitrogens with zero attached hydrogens (tertiary/aromatic N) is 1. The van der Waals surface area contributed by atoms with E-state index in [2.05, 4.69) is 0 Å². The van der Waals surface area contributed by atoms with Crippen molar-refractivity contribution in [3.8, 4) is 5.75 Å². The average molecular weight is 305 g/mol. The molecule has 1 saturated heterocycles. The lowest BCUT2D eigenvalue weighted by Crippen LogP contribution is -2.26. The van der Waals surface area contributed by atoms with E-state index >= 15 is 0 Å². The first-order chi connectivity index (χ1) is 10.8. The number of amides is 1. The monoisotopic (exact) mass is 305 g/mol. The van der Waals surface area contributed by atoms with Gasteiger partial charge in [0.15, 0.2) is 0 Å². The second-order valence-electron chi connectivity index (χ2n) is 5.36. The van der Waals surface area contributed by atoms with Crippen molar-refractivity contribution < 1.29 is 14.3 Å². The minimum absolute atomic E-state index is 0.322. The standard InChI is InChI=1S/C15H19NO2.C2H6.CH2O/c1-18-13-7-5-11(6-8-13)9-16-10-12-3-2-4-14(12)15(16)17;2*1-2/h5-8,12,14H,2-4,9-10H2,1H3;1-2H3;1H2. The Morgan fingerprint density at radius 1 is 1.18 bits per heavy atom. The first-order valence-corrected chi connectivity index (χ1v) is 7.98. The summed E-state index contributed by atoms with van der Waals surface area (Å²) in [5, 5.41) is 0. The Bertz CT molecular complexity index is 458. The molecule has 0 bridgehead atoms. The normalized spacial score (nSPS) is 22.1. The largest absolute Gasteiger partial charge is 0.497 e. The number of likely N-dealkylation sites (tertiary alicyclic amines) is 1. The third kappa shape index (κ3) is 4.09. The molecule has 2 unspecified atom stereocenters. The van der Waals surface area contributed by atoms with Crippen LogP contribution < -0.4 is 4.74 Å². The Balaban J connectivity index is 0.000000561. The fraction of sp³-hybridized carbons (Fsp3) is 0.556. The van der Waals surface area contributed by atoms with Gasteiger partial charge in [-0.1, -0.05) is 32.4 Å². The zero-order valence-corrected chi connectivity index (χ0v) is 13.9. The van der Waals surface area contributed by atoms with Gasteiger partial charge in [0.25, 0.3) is 0 Å². The lowest BCUT2D eigenvalue weighted by atomic mass is 10.0. The molecule has 4 nitrogen and oxygen atoms in total. The predicted molar refractivity (Wildman–Crippen MR) is 87.7 cm³/mol. The van der Waals surface area contributed by atoms with Crippen LogP contribution >= 0.6 is 0 Å². The maximum Gasteiger partial charge on any atom is 0.226 e. The molecule has 1 aliphatic heterocycles. The van der Waals surface area contributed by atoms with Crippen molar-refractivity contribution in [3.05, 3.63) is 29.8 Å². The topological polar surface area (TPSA) is 46.6 Å². The molecule has 0 aromatic heterocycles. The number of ether oxygens (including phenoxy) is 1. The van der Waals surface area contributed by atoms with Crippen molar-refractivity contribution in [2.75, 3.05) is 13.7 Å². The van der Waals surface area contributed by atoms with Gasteiger partial charge in [-0.2, -0.15) is 0 Å². The van der Waals surface area contributed by atoms with Crippen LogP contribution in [0.1, 0.15) is 38.7 Å². The van der Waals surface area contributed by atoms with Gasteiger partial charge in [0.1, 0.15) is 12.5 Å². The maximum absolute atomic E-state index is 12.2. The number of benzene rings is 1. The average Bonchev–Trinajstić information content (AvgIpc) is 3.16. The molecule has 2 aliphatic rings. The van der Waals surface area contributed by atoms with E-state index in [-0.39, 0.29) is 0 Å². The van der Waals surface area contributed by atoms with Crippen molar-refractivity contribution in [1.82, 2.24) is 4.90 Å². The summed E-state index contributed by atoms with van der Waals surface area (Å²) in [6, 6.07) is 7.99. The van der Waals surface area contributed by atoms with E-state index in [0.29, 0.717) is 17.7 Å². The van der Waals surface area contributed by atoms with Crippen LogP contribution in [-0.4, -0.2) is 31.3 Å². The first-order valence-electron chi connectivity index (χ1n) is 7.98. The SMILES string of the molecule is C=O.CC.COc1ccc(CN2CC3CCCC3C2=O)cc1. The molecule has 0 radical (unpaired) electrons. The summed E-state index contributed by atoms with van der Waals surface area (Å²) in [6.45, 7) is 7.70. The van der Waals surface area contributed by atoms with Gasteiger partial charge in [0.05, 0.1) is 7.11 Å². The zero-order chi connectivity index (χ0) is 16.5. The summed E-state index contributed by atoms with van der Waals surface area (Å²) in [4.78, 5) is 22.2. The van der Waals surface area contributed by atoms with Crippen molar-refractivity contribution in [2.24, 2.45) is 11.8 Å². The molecule has 1 amide bonds. The minimum atomic E-state index is 0.322. The molecular formula is C18H27NO3. The molecule has 2 atom stereocenters. The highest BCUT2D eigenvalue weighted by atomic mass is 16.5. The highest BCUT2D eigenvalue weighted by Crippen LogP contribution is 2.39. The van der Waals surface area contributed by atoms with Crippen LogP contribution in [0.15, 0.2) is 24.3 Å². The lowest BCUT2D eigenvalue weighted by molar-refractivity contribution is -0.131. The number of fused-ring (bicyclic) bond motifs is 1. The molecule has 3 rings (SSSR count). The van der Waals surface area contributed by atoms with Crippen LogP contribution in [0, 0.1) is 11.8 Å². The predicted octanol–water partition coefficient (Wildman–Crippen LogP) is 3.30. The molecule has 1 aromatic carbocycles. The number of methoxy groups -OCH3 is 1. The number of carbonyl (C=O) groups is 2. The third-order valence-electron chi connectivity index (χ3n) is 4.28. The van der Waals surface area contributed by atoms with Crippen molar-refractivity contribution in [2.45, 2.75) is 39.7 Å². The second kappa shape index (κ2) is 9.23. The fourth-order valence-electron chi connectivity index (χ4n) is 3.28. The van der Waals surface area contributed by atoms with Gasteiger partial charge in [0.2, 0.25) is 5.91 Å². The molecule has 2 fully saturated rings. The molecule has 0 spiro atoms. The Labute approximate surface area is 133 Å². The summed E-state index contributed by atoms with van der Waals surface area (Å²) in [5.74, 6) is 2.18. The molecule has 1 saturated carbocycles. The van der Waals surface area contributed by atoms with Crippen LogP contribution in [0.5, 0.6) is 5.75 Å². The van der Waals surface area contributed by atoms with Crippen molar-refractivity contribution in [3.63, 3.8) is 0 Å². The van der Waals surface area contributed by atoms with E-state index in [4.69, 9.17) is 9.53 Å². The highest BCUT2D eigenvalue weighted by Gasteiger charge is 2.42. The van der Waals surface area contributed by atoms with E-state index in [9.17, 15) is 4.79 Å². The lowest BCUT2D eigenvalue weighted by Gasteiger charge is -2.17. The molecule has 122 valence electrons. The van der Waals surface area contributed by atoms with E-state index in [1.54, 1.807) is 7.11 Å². The maximum atomic E-state index is 12.2. The molecule has 1 aliphatic carbocycles. The van der Waals surface area contributed by atoms with Crippen LogP contribution in [0.25, 0.3) is 0 Å². The van der Waals surface area contributed by atoms with Crippen LogP contribution in [-0.2, 0) is 16.1 Å².